The summed E-state index contributed by atoms with van der Waals surface area (Å²) in [6, 6.07) is 5.52. The van der Waals surface area contributed by atoms with Crippen LogP contribution in [0.3, 0.4) is 0 Å². The number of piperidine rings is 1. The maximum atomic E-state index is 11.9. The van der Waals surface area contributed by atoms with Crippen molar-refractivity contribution in [3.63, 3.8) is 0 Å². The van der Waals surface area contributed by atoms with Crippen LogP contribution in [0.15, 0.2) is 24.4 Å². The van der Waals surface area contributed by atoms with E-state index in [-0.39, 0.29) is 30.7 Å². The van der Waals surface area contributed by atoms with Gasteiger partial charge in [-0.05, 0) is 49.9 Å². The normalized spacial score (nSPS) is 19.1. The molecule has 2 rings (SSSR count). The van der Waals surface area contributed by atoms with Gasteiger partial charge in [-0.25, -0.2) is 4.98 Å². The number of hydrogen-bond donors (Lipinski definition) is 2. The molecular formula is C14H23Cl2N3O. The van der Waals surface area contributed by atoms with Crippen molar-refractivity contribution in [3.8, 4) is 0 Å². The molecule has 1 aromatic heterocycles. The minimum absolute atomic E-state index is 0. The van der Waals surface area contributed by atoms with Gasteiger partial charge in [-0.1, -0.05) is 13.0 Å². The smallest absolute Gasteiger partial charge is 0.225 e. The van der Waals surface area contributed by atoms with Gasteiger partial charge in [0.15, 0.2) is 0 Å². The molecule has 2 unspecified atom stereocenters. The molecule has 0 aromatic carbocycles. The fourth-order valence-electron chi connectivity index (χ4n) is 2.45. The van der Waals surface area contributed by atoms with E-state index >= 15 is 0 Å². The van der Waals surface area contributed by atoms with Crippen LogP contribution in [0.5, 0.6) is 0 Å². The van der Waals surface area contributed by atoms with Crippen LogP contribution in [0.1, 0.15) is 26.2 Å². The van der Waals surface area contributed by atoms with Crippen molar-refractivity contribution in [3.05, 3.63) is 24.4 Å². The van der Waals surface area contributed by atoms with Crippen molar-refractivity contribution in [2.75, 3.05) is 18.4 Å². The Labute approximate surface area is 132 Å². The zero-order chi connectivity index (χ0) is 12.8. The number of pyridine rings is 1. The van der Waals surface area contributed by atoms with Gasteiger partial charge in [0.25, 0.3) is 0 Å². The Morgan fingerprint density at radius 2 is 2.30 bits per heavy atom. The fourth-order valence-corrected chi connectivity index (χ4v) is 2.45. The molecule has 6 heteroatoms. The van der Waals surface area contributed by atoms with Gasteiger partial charge in [0.1, 0.15) is 5.82 Å². The molecule has 0 spiro atoms. The molecular weight excluding hydrogens is 297 g/mol. The van der Waals surface area contributed by atoms with Gasteiger partial charge in [-0.15, -0.1) is 24.8 Å². The lowest BCUT2D eigenvalue weighted by Gasteiger charge is -2.27. The molecule has 0 aliphatic carbocycles. The Morgan fingerprint density at radius 3 is 2.90 bits per heavy atom. The highest BCUT2D eigenvalue weighted by Crippen LogP contribution is 2.22. The molecule has 1 aliphatic rings. The van der Waals surface area contributed by atoms with Crippen molar-refractivity contribution in [1.29, 1.82) is 0 Å². The van der Waals surface area contributed by atoms with Crippen LogP contribution in [-0.2, 0) is 4.79 Å². The van der Waals surface area contributed by atoms with E-state index in [2.05, 4.69) is 22.5 Å². The maximum Gasteiger partial charge on any atom is 0.225 e. The summed E-state index contributed by atoms with van der Waals surface area (Å²) in [6.45, 7) is 4.32. The summed E-state index contributed by atoms with van der Waals surface area (Å²) in [5.74, 6) is 1.73. The third kappa shape index (κ3) is 6.07. The molecule has 20 heavy (non-hydrogen) atoms. The first-order chi connectivity index (χ1) is 8.75. The Morgan fingerprint density at radius 1 is 1.50 bits per heavy atom. The zero-order valence-corrected chi connectivity index (χ0v) is 13.3. The molecule has 0 radical (unpaired) electrons. The van der Waals surface area contributed by atoms with Crippen LogP contribution in [0.2, 0.25) is 0 Å². The van der Waals surface area contributed by atoms with Crippen LogP contribution in [0, 0.1) is 11.8 Å². The Kier molecular flexibility index (Phi) is 9.55. The summed E-state index contributed by atoms with van der Waals surface area (Å²) in [7, 11) is 0. The number of amides is 1. The second kappa shape index (κ2) is 9.97. The highest BCUT2D eigenvalue weighted by molar-refractivity contribution is 5.89. The van der Waals surface area contributed by atoms with Gasteiger partial charge < -0.3 is 10.6 Å². The fraction of sp³-hybridized carbons (Fsp3) is 0.571. The highest BCUT2D eigenvalue weighted by atomic mass is 35.5. The van der Waals surface area contributed by atoms with Crippen LogP contribution < -0.4 is 10.6 Å². The predicted molar refractivity (Wildman–Crippen MR) is 86.7 cm³/mol. The van der Waals surface area contributed by atoms with Crippen molar-refractivity contribution in [2.24, 2.45) is 11.8 Å². The summed E-state index contributed by atoms with van der Waals surface area (Å²) < 4.78 is 0. The van der Waals surface area contributed by atoms with Crippen molar-refractivity contribution >= 4 is 36.5 Å². The first-order valence-corrected chi connectivity index (χ1v) is 6.67. The zero-order valence-electron chi connectivity index (χ0n) is 11.7. The van der Waals surface area contributed by atoms with Crippen LogP contribution in [0.25, 0.3) is 0 Å². The van der Waals surface area contributed by atoms with E-state index in [0.717, 1.165) is 13.1 Å². The Bertz CT molecular complexity index is 383. The molecule has 1 saturated heterocycles. The number of carbonyl (C=O) groups is 1. The van der Waals surface area contributed by atoms with Gasteiger partial charge >= 0.3 is 0 Å². The molecule has 2 heterocycles. The molecule has 1 amide bonds. The van der Waals surface area contributed by atoms with Gasteiger partial charge in [0.05, 0.1) is 0 Å². The minimum Gasteiger partial charge on any atom is -0.316 e. The standard InChI is InChI=1S/C14H21N3O.2ClH/c1-11(12-5-4-7-15-10-12)9-14(18)17-13-6-2-3-8-16-13;;/h2-3,6,8,11-12,15H,4-5,7,9-10H2,1H3,(H,16,17,18);2*1H. The number of rotatable bonds is 4. The molecule has 4 nitrogen and oxygen atoms in total. The van der Waals surface area contributed by atoms with Gasteiger partial charge in [-0.3, -0.25) is 4.79 Å². The summed E-state index contributed by atoms with van der Waals surface area (Å²) in [5, 5.41) is 6.24. The number of carbonyl (C=O) groups excluding carboxylic acids is 1. The third-order valence-electron chi connectivity index (χ3n) is 3.58. The lowest BCUT2D eigenvalue weighted by molar-refractivity contribution is -0.117. The molecule has 0 bridgehead atoms. The number of nitrogens with zero attached hydrogens (tertiary/aromatic N) is 1. The monoisotopic (exact) mass is 319 g/mol. The first-order valence-electron chi connectivity index (χ1n) is 6.67. The number of anilines is 1. The maximum absolute atomic E-state index is 11.9. The van der Waals surface area contributed by atoms with E-state index in [1.807, 2.05) is 18.2 Å². The van der Waals surface area contributed by atoms with E-state index in [4.69, 9.17) is 0 Å². The van der Waals surface area contributed by atoms with Crippen LogP contribution >= 0.6 is 24.8 Å². The van der Waals surface area contributed by atoms with Crippen molar-refractivity contribution in [1.82, 2.24) is 10.3 Å². The summed E-state index contributed by atoms with van der Waals surface area (Å²) >= 11 is 0. The van der Waals surface area contributed by atoms with E-state index < -0.39 is 0 Å². The van der Waals surface area contributed by atoms with E-state index in [0.29, 0.717) is 24.1 Å². The van der Waals surface area contributed by atoms with Gasteiger partial charge in [0, 0.05) is 12.6 Å². The average Bonchev–Trinajstić information content (AvgIpc) is 2.40. The predicted octanol–water partition coefficient (Wildman–Crippen LogP) is 2.89. The molecule has 114 valence electrons. The minimum atomic E-state index is 0. The lowest BCUT2D eigenvalue weighted by Crippen LogP contribution is -2.34. The first kappa shape index (κ1) is 19.2. The lowest BCUT2D eigenvalue weighted by atomic mass is 9.85. The van der Waals surface area contributed by atoms with Crippen LogP contribution in [0.4, 0.5) is 5.82 Å². The molecule has 2 atom stereocenters. The second-order valence-corrected chi connectivity index (χ2v) is 5.05. The number of aromatic nitrogens is 1. The van der Waals surface area contributed by atoms with Crippen molar-refractivity contribution < 1.29 is 4.79 Å². The molecule has 1 aliphatic heterocycles. The highest BCUT2D eigenvalue weighted by Gasteiger charge is 2.21. The van der Waals surface area contributed by atoms with Crippen LogP contribution in [-0.4, -0.2) is 24.0 Å². The van der Waals surface area contributed by atoms with Crippen molar-refractivity contribution in [2.45, 2.75) is 26.2 Å². The third-order valence-corrected chi connectivity index (χ3v) is 3.58. The van der Waals surface area contributed by atoms with Gasteiger partial charge in [-0.2, -0.15) is 0 Å². The Hall–Kier alpha value is -0.840. The molecule has 2 N–H and O–H groups in total. The quantitative estimate of drug-likeness (QED) is 0.897. The Balaban J connectivity index is 0.00000180. The molecule has 1 fully saturated rings. The largest absolute Gasteiger partial charge is 0.316 e. The SMILES string of the molecule is CC(CC(=O)Nc1ccccn1)C1CCCNC1.Cl.Cl. The van der Waals surface area contributed by atoms with E-state index in [1.54, 1.807) is 6.20 Å². The molecule has 0 saturated carbocycles. The van der Waals surface area contributed by atoms with E-state index in [1.165, 1.54) is 12.8 Å². The number of halogens is 2. The summed E-state index contributed by atoms with van der Waals surface area (Å²) in [5.41, 5.74) is 0. The number of hydrogen-bond acceptors (Lipinski definition) is 3. The summed E-state index contributed by atoms with van der Waals surface area (Å²) in [6.07, 6.45) is 4.70. The van der Waals surface area contributed by atoms with E-state index in [9.17, 15) is 4.79 Å². The number of nitrogens with one attached hydrogen (secondary N) is 2. The second-order valence-electron chi connectivity index (χ2n) is 5.05. The molecule has 1 aromatic rings. The topological polar surface area (TPSA) is 54.0 Å². The summed E-state index contributed by atoms with van der Waals surface area (Å²) in [4.78, 5) is 16.0. The average molecular weight is 320 g/mol. The van der Waals surface area contributed by atoms with Gasteiger partial charge in [0.2, 0.25) is 5.91 Å².